The highest BCUT2D eigenvalue weighted by molar-refractivity contribution is 6.32. The third kappa shape index (κ3) is 4.39. The van der Waals surface area contributed by atoms with Gasteiger partial charge in [-0.05, 0) is 56.2 Å². The predicted octanol–water partition coefficient (Wildman–Crippen LogP) is 4.66. The van der Waals surface area contributed by atoms with Crippen LogP contribution in [0.1, 0.15) is 46.0 Å². The van der Waals surface area contributed by atoms with E-state index < -0.39 is 5.60 Å². The molecule has 0 heterocycles. The minimum Gasteiger partial charge on any atom is -0.495 e. The van der Waals surface area contributed by atoms with Crippen LogP contribution in [0.2, 0.25) is 5.02 Å². The first-order valence-electron chi connectivity index (χ1n) is 8.29. The van der Waals surface area contributed by atoms with E-state index in [1.807, 2.05) is 0 Å². The molecule has 128 valence electrons. The lowest BCUT2D eigenvalue weighted by atomic mass is 9.78. The van der Waals surface area contributed by atoms with E-state index >= 15 is 0 Å². The van der Waals surface area contributed by atoms with E-state index in [-0.39, 0.29) is 5.91 Å². The maximum absolute atomic E-state index is 12.9. The standard InChI is InChI=1S/C18H26ClNO3/c1-4-11-23-18(9-7-13(2)8-10-18)17(21)20-14-5-6-16(22-3)15(19)12-14/h5-6,12-13H,4,7-11H2,1-3H3,(H,20,21). The number of rotatable bonds is 6. The van der Waals surface area contributed by atoms with Gasteiger partial charge in [-0.3, -0.25) is 4.79 Å². The van der Waals surface area contributed by atoms with E-state index in [0.717, 1.165) is 32.1 Å². The number of halogens is 1. The molecule has 0 aliphatic heterocycles. The Labute approximate surface area is 143 Å². The minimum absolute atomic E-state index is 0.0703. The molecule has 4 nitrogen and oxygen atoms in total. The second kappa shape index (κ2) is 8.02. The van der Waals surface area contributed by atoms with Crippen LogP contribution < -0.4 is 10.1 Å². The van der Waals surface area contributed by atoms with Gasteiger partial charge in [0, 0.05) is 12.3 Å². The molecular formula is C18H26ClNO3. The lowest BCUT2D eigenvalue weighted by molar-refractivity contribution is -0.147. The summed E-state index contributed by atoms with van der Waals surface area (Å²) in [7, 11) is 1.57. The number of ether oxygens (including phenoxy) is 2. The zero-order valence-corrected chi connectivity index (χ0v) is 14.9. The Morgan fingerprint density at radius 1 is 1.39 bits per heavy atom. The second-order valence-corrected chi connectivity index (χ2v) is 6.74. The van der Waals surface area contributed by atoms with Gasteiger partial charge in [-0.25, -0.2) is 0 Å². The highest BCUT2D eigenvalue weighted by Gasteiger charge is 2.42. The van der Waals surface area contributed by atoms with Crippen LogP contribution in [0.5, 0.6) is 5.75 Å². The number of hydrogen-bond acceptors (Lipinski definition) is 3. The van der Waals surface area contributed by atoms with Gasteiger partial charge in [0.15, 0.2) is 0 Å². The van der Waals surface area contributed by atoms with Crippen LogP contribution in [-0.2, 0) is 9.53 Å². The molecule has 1 aliphatic carbocycles. The van der Waals surface area contributed by atoms with E-state index in [4.69, 9.17) is 21.1 Å². The molecule has 1 aliphatic rings. The average molecular weight is 340 g/mol. The predicted molar refractivity (Wildman–Crippen MR) is 93.2 cm³/mol. The molecule has 2 rings (SSSR count). The maximum Gasteiger partial charge on any atom is 0.256 e. The highest BCUT2D eigenvalue weighted by atomic mass is 35.5. The molecule has 0 radical (unpaired) electrons. The summed E-state index contributed by atoms with van der Waals surface area (Å²) in [5, 5.41) is 3.44. The smallest absolute Gasteiger partial charge is 0.256 e. The van der Waals surface area contributed by atoms with Gasteiger partial charge in [0.05, 0.1) is 12.1 Å². The summed E-state index contributed by atoms with van der Waals surface area (Å²) < 4.78 is 11.1. The van der Waals surface area contributed by atoms with Crippen molar-refractivity contribution in [1.82, 2.24) is 0 Å². The van der Waals surface area contributed by atoms with Crippen molar-refractivity contribution >= 4 is 23.2 Å². The molecule has 1 fully saturated rings. The Morgan fingerprint density at radius 3 is 2.65 bits per heavy atom. The number of anilines is 1. The quantitative estimate of drug-likeness (QED) is 0.819. The third-order valence-corrected chi connectivity index (χ3v) is 4.78. The summed E-state index contributed by atoms with van der Waals surface area (Å²) >= 11 is 6.13. The number of methoxy groups -OCH3 is 1. The van der Waals surface area contributed by atoms with Gasteiger partial charge in [0.2, 0.25) is 0 Å². The Morgan fingerprint density at radius 2 is 2.09 bits per heavy atom. The average Bonchev–Trinajstić information content (AvgIpc) is 2.55. The zero-order chi connectivity index (χ0) is 16.9. The van der Waals surface area contributed by atoms with Crippen molar-refractivity contribution in [3.8, 4) is 5.75 Å². The van der Waals surface area contributed by atoms with Crippen LogP contribution in [0, 0.1) is 5.92 Å². The zero-order valence-electron chi connectivity index (χ0n) is 14.2. The Bertz CT molecular complexity index is 534. The van der Waals surface area contributed by atoms with E-state index in [2.05, 4.69) is 19.2 Å². The first-order valence-corrected chi connectivity index (χ1v) is 8.67. The van der Waals surface area contributed by atoms with Crippen molar-refractivity contribution in [2.45, 2.75) is 51.6 Å². The fourth-order valence-corrected chi connectivity index (χ4v) is 3.21. The maximum atomic E-state index is 12.9. The van der Waals surface area contributed by atoms with Crippen molar-refractivity contribution < 1.29 is 14.3 Å². The van der Waals surface area contributed by atoms with Crippen LogP contribution in [0.4, 0.5) is 5.69 Å². The van der Waals surface area contributed by atoms with Gasteiger partial charge in [0.1, 0.15) is 11.4 Å². The summed E-state index contributed by atoms with van der Waals surface area (Å²) in [5.74, 6) is 1.17. The fourth-order valence-electron chi connectivity index (χ4n) is 2.95. The number of hydrogen-bond donors (Lipinski definition) is 1. The van der Waals surface area contributed by atoms with Gasteiger partial charge >= 0.3 is 0 Å². The van der Waals surface area contributed by atoms with E-state index in [0.29, 0.717) is 29.0 Å². The number of amides is 1. The normalized spacial score (nSPS) is 24.3. The molecule has 0 atom stereocenters. The number of carbonyl (C=O) groups is 1. The van der Waals surface area contributed by atoms with Gasteiger partial charge in [-0.2, -0.15) is 0 Å². The SMILES string of the molecule is CCCOC1(C(=O)Nc2ccc(OC)c(Cl)c2)CCC(C)CC1. The first kappa shape index (κ1) is 18.1. The molecule has 0 saturated heterocycles. The molecule has 5 heteroatoms. The summed E-state index contributed by atoms with van der Waals surface area (Å²) in [4.78, 5) is 12.9. The number of benzene rings is 1. The molecule has 0 aromatic heterocycles. The van der Waals surface area contributed by atoms with E-state index in [9.17, 15) is 4.79 Å². The topological polar surface area (TPSA) is 47.6 Å². The van der Waals surface area contributed by atoms with Crippen molar-refractivity contribution in [2.75, 3.05) is 19.0 Å². The molecule has 1 N–H and O–H groups in total. The van der Waals surface area contributed by atoms with Crippen molar-refractivity contribution in [3.63, 3.8) is 0 Å². The summed E-state index contributed by atoms with van der Waals surface area (Å²) in [6.07, 6.45) is 4.47. The molecule has 0 bridgehead atoms. The molecule has 23 heavy (non-hydrogen) atoms. The molecular weight excluding hydrogens is 314 g/mol. The van der Waals surface area contributed by atoms with Crippen LogP contribution >= 0.6 is 11.6 Å². The monoisotopic (exact) mass is 339 g/mol. The van der Waals surface area contributed by atoms with Crippen molar-refractivity contribution in [2.24, 2.45) is 5.92 Å². The lowest BCUT2D eigenvalue weighted by Crippen LogP contribution is -2.48. The van der Waals surface area contributed by atoms with Crippen LogP contribution in [-0.4, -0.2) is 25.2 Å². The summed E-state index contributed by atoms with van der Waals surface area (Å²) in [6, 6.07) is 5.25. The molecule has 0 unspecified atom stereocenters. The van der Waals surface area contributed by atoms with Crippen molar-refractivity contribution in [3.05, 3.63) is 23.2 Å². The van der Waals surface area contributed by atoms with Crippen LogP contribution in [0.25, 0.3) is 0 Å². The number of nitrogens with one attached hydrogen (secondary N) is 1. The fraction of sp³-hybridized carbons (Fsp3) is 0.611. The largest absolute Gasteiger partial charge is 0.495 e. The Kier molecular flexibility index (Phi) is 6.31. The van der Waals surface area contributed by atoms with E-state index in [1.165, 1.54) is 0 Å². The number of carbonyl (C=O) groups excluding carboxylic acids is 1. The summed E-state index contributed by atoms with van der Waals surface area (Å²) in [5.41, 5.74) is -0.0477. The summed E-state index contributed by atoms with van der Waals surface area (Å²) in [6.45, 7) is 4.89. The second-order valence-electron chi connectivity index (χ2n) is 6.33. The molecule has 1 aromatic carbocycles. The van der Waals surface area contributed by atoms with Gasteiger partial charge in [-0.15, -0.1) is 0 Å². The van der Waals surface area contributed by atoms with E-state index in [1.54, 1.807) is 25.3 Å². The lowest BCUT2D eigenvalue weighted by Gasteiger charge is -2.38. The first-order chi connectivity index (χ1) is 11.0. The molecule has 1 amide bonds. The van der Waals surface area contributed by atoms with Crippen molar-refractivity contribution in [1.29, 1.82) is 0 Å². The minimum atomic E-state index is -0.713. The molecule has 0 spiro atoms. The van der Waals surface area contributed by atoms with Gasteiger partial charge in [0.25, 0.3) is 5.91 Å². The highest BCUT2D eigenvalue weighted by Crippen LogP contribution is 2.36. The molecule has 1 saturated carbocycles. The van der Waals surface area contributed by atoms with Gasteiger partial charge < -0.3 is 14.8 Å². The molecule has 1 aromatic rings. The van der Waals surface area contributed by atoms with Gasteiger partial charge in [-0.1, -0.05) is 25.4 Å². The Balaban J connectivity index is 2.12. The Hall–Kier alpha value is -1.26. The van der Waals surface area contributed by atoms with Crippen LogP contribution in [0.3, 0.4) is 0 Å². The third-order valence-electron chi connectivity index (χ3n) is 4.49. The van der Waals surface area contributed by atoms with Crippen LogP contribution in [0.15, 0.2) is 18.2 Å².